The van der Waals surface area contributed by atoms with Crippen LogP contribution in [-0.4, -0.2) is 57.1 Å². The molecule has 0 amide bonds. The van der Waals surface area contributed by atoms with Crippen molar-refractivity contribution in [3.8, 4) is 0 Å². The summed E-state index contributed by atoms with van der Waals surface area (Å²) in [5, 5.41) is 8.93. The minimum atomic E-state index is -1.97. The fourth-order valence-corrected chi connectivity index (χ4v) is 5.51. The lowest BCUT2D eigenvalue weighted by Gasteiger charge is -2.38. The van der Waals surface area contributed by atoms with Crippen LogP contribution in [0.2, 0.25) is 18.1 Å². The Bertz CT molecular complexity index is 679. The van der Waals surface area contributed by atoms with Crippen LogP contribution in [0.1, 0.15) is 79.1 Å². The molecule has 7 nitrogen and oxygen atoms in total. The number of ether oxygens (including phenoxy) is 3. The van der Waals surface area contributed by atoms with Crippen molar-refractivity contribution in [1.82, 2.24) is 0 Å². The first-order chi connectivity index (χ1) is 15.9. The molecule has 1 saturated carbocycles. The second-order valence-corrected chi connectivity index (χ2v) is 16.1. The Balaban J connectivity index is 2.15. The molecule has 1 aliphatic carbocycles. The van der Waals surface area contributed by atoms with Crippen molar-refractivity contribution >= 4 is 20.3 Å². The third-order valence-corrected chi connectivity index (χ3v) is 12.0. The molecule has 2 fully saturated rings. The van der Waals surface area contributed by atoms with Gasteiger partial charge in [0.15, 0.2) is 14.6 Å². The van der Waals surface area contributed by atoms with Gasteiger partial charge in [0.1, 0.15) is 6.10 Å². The van der Waals surface area contributed by atoms with Crippen molar-refractivity contribution in [3.63, 3.8) is 0 Å². The van der Waals surface area contributed by atoms with Crippen LogP contribution in [0.25, 0.3) is 0 Å². The van der Waals surface area contributed by atoms with Gasteiger partial charge in [-0.2, -0.15) is 0 Å². The molecule has 1 unspecified atom stereocenters. The molecule has 196 valence electrons. The third-order valence-electron chi connectivity index (χ3n) is 7.53. The van der Waals surface area contributed by atoms with E-state index in [9.17, 15) is 9.59 Å². The van der Waals surface area contributed by atoms with Gasteiger partial charge in [0.25, 0.3) is 0 Å². The van der Waals surface area contributed by atoms with Crippen molar-refractivity contribution < 1.29 is 33.3 Å². The van der Waals surface area contributed by atoms with Crippen molar-refractivity contribution in [2.24, 2.45) is 11.8 Å². The molecule has 1 N–H and O–H groups in total. The number of carboxylic acid groups (broad SMARTS) is 1. The first-order valence-corrected chi connectivity index (χ1v) is 15.8. The standard InChI is InChI=1S/C26H46O7Si/c1-19(27)32-22-17-23(33-25-15-11-12-16-30-25)21(18-31-34(5,6)26(2,3)4)20(22)13-9-7-8-10-14-24(28)29/h7,9,20-23,25H,8,10-18H2,1-6H3,(H,28,29)/b9-7-/t20-,21-,22+,23-,25?/m0/s1. The zero-order chi connectivity index (χ0) is 25.4. The molecule has 1 saturated heterocycles. The van der Waals surface area contributed by atoms with E-state index in [2.05, 4.69) is 39.9 Å². The maximum atomic E-state index is 11.9. The number of esters is 1. The van der Waals surface area contributed by atoms with Gasteiger partial charge in [0.05, 0.1) is 6.10 Å². The second kappa shape index (κ2) is 13.2. The van der Waals surface area contributed by atoms with Gasteiger partial charge < -0.3 is 23.7 Å². The quantitative estimate of drug-likeness (QED) is 0.160. The third kappa shape index (κ3) is 9.09. The average Bonchev–Trinajstić information content (AvgIpc) is 3.03. The molecule has 2 aliphatic rings. The minimum absolute atomic E-state index is 0.0815. The Morgan fingerprint density at radius 2 is 1.85 bits per heavy atom. The van der Waals surface area contributed by atoms with E-state index < -0.39 is 14.3 Å². The van der Waals surface area contributed by atoms with E-state index in [0.717, 1.165) is 38.7 Å². The van der Waals surface area contributed by atoms with E-state index >= 15 is 0 Å². The summed E-state index contributed by atoms with van der Waals surface area (Å²) in [5.74, 6) is -0.878. The topological polar surface area (TPSA) is 91.3 Å². The Kier molecular flexibility index (Phi) is 11.3. The Labute approximate surface area is 206 Å². The van der Waals surface area contributed by atoms with Gasteiger partial charge >= 0.3 is 11.9 Å². The fraction of sp³-hybridized carbons (Fsp3) is 0.846. The van der Waals surface area contributed by atoms with E-state index in [1.54, 1.807) is 0 Å². The predicted molar refractivity (Wildman–Crippen MR) is 134 cm³/mol. The van der Waals surface area contributed by atoms with Gasteiger partial charge in [-0.15, -0.1) is 0 Å². The molecule has 0 spiro atoms. The minimum Gasteiger partial charge on any atom is -0.481 e. The summed E-state index contributed by atoms with van der Waals surface area (Å²) in [4.78, 5) is 22.6. The number of carbonyl (C=O) groups is 2. The molecular formula is C26H46O7Si. The lowest BCUT2D eigenvalue weighted by atomic mass is 9.91. The molecule has 0 aromatic carbocycles. The number of rotatable bonds is 12. The van der Waals surface area contributed by atoms with Crippen LogP contribution < -0.4 is 0 Å². The summed E-state index contributed by atoms with van der Waals surface area (Å²) in [6.07, 6.45) is 9.53. The van der Waals surface area contributed by atoms with Crippen molar-refractivity contribution in [2.45, 2.75) is 116 Å². The highest BCUT2D eigenvalue weighted by atomic mass is 28.4. The number of carboxylic acids is 1. The van der Waals surface area contributed by atoms with Crippen LogP contribution in [0.4, 0.5) is 0 Å². The zero-order valence-corrected chi connectivity index (χ0v) is 23.0. The molecule has 8 heteroatoms. The van der Waals surface area contributed by atoms with E-state index in [4.69, 9.17) is 23.7 Å². The van der Waals surface area contributed by atoms with Gasteiger partial charge in [-0.25, -0.2) is 0 Å². The van der Waals surface area contributed by atoms with Gasteiger partial charge in [0, 0.05) is 44.8 Å². The van der Waals surface area contributed by atoms with Crippen molar-refractivity contribution in [3.05, 3.63) is 12.2 Å². The summed E-state index contributed by atoms with van der Waals surface area (Å²) in [5.41, 5.74) is 0. The summed E-state index contributed by atoms with van der Waals surface area (Å²) in [6.45, 7) is 14.0. The Morgan fingerprint density at radius 3 is 2.44 bits per heavy atom. The van der Waals surface area contributed by atoms with Gasteiger partial charge in [-0.05, 0) is 56.7 Å². The molecular weight excluding hydrogens is 452 g/mol. The highest BCUT2D eigenvalue weighted by Gasteiger charge is 2.48. The first kappa shape index (κ1) is 29.0. The van der Waals surface area contributed by atoms with Crippen molar-refractivity contribution in [1.29, 1.82) is 0 Å². The molecule has 5 atom stereocenters. The van der Waals surface area contributed by atoms with Crippen LogP contribution in [0, 0.1) is 11.8 Å². The number of aliphatic carboxylic acids is 1. The molecule has 0 aromatic heterocycles. The maximum absolute atomic E-state index is 11.9. The van der Waals surface area contributed by atoms with Crippen LogP contribution in [0.15, 0.2) is 12.2 Å². The van der Waals surface area contributed by atoms with Gasteiger partial charge in [-0.3, -0.25) is 9.59 Å². The average molecular weight is 499 g/mol. The number of allylic oxidation sites excluding steroid dienone is 2. The van der Waals surface area contributed by atoms with Crippen molar-refractivity contribution in [2.75, 3.05) is 13.2 Å². The van der Waals surface area contributed by atoms with E-state index in [1.807, 2.05) is 6.08 Å². The Hall–Kier alpha value is -1.22. The number of hydrogen-bond donors (Lipinski definition) is 1. The summed E-state index contributed by atoms with van der Waals surface area (Å²) in [7, 11) is -1.97. The van der Waals surface area contributed by atoms with E-state index in [1.165, 1.54) is 6.92 Å². The predicted octanol–water partition coefficient (Wildman–Crippen LogP) is 5.69. The monoisotopic (exact) mass is 498 g/mol. The fourth-order valence-electron chi connectivity index (χ4n) is 4.47. The molecule has 0 radical (unpaired) electrons. The van der Waals surface area contributed by atoms with Crippen LogP contribution in [0.3, 0.4) is 0 Å². The zero-order valence-electron chi connectivity index (χ0n) is 22.0. The van der Waals surface area contributed by atoms with Crippen LogP contribution in [0.5, 0.6) is 0 Å². The lowest BCUT2D eigenvalue weighted by molar-refractivity contribution is -0.198. The SMILES string of the molecule is CC(=O)O[C@@H]1C[C@H](OC2CCCCO2)[C@@H](CO[Si](C)(C)C(C)(C)C)[C@@H]1C/C=C\CCCC(=O)O. The molecule has 0 bridgehead atoms. The smallest absolute Gasteiger partial charge is 0.303 e. The molecule has 1 heterocycles. The highest BCUT2D eigenvalue weighted by Crippen LogP contribution is 2.43. The number of unbranched alkanes of at least 4 members (excludes halogenated alkanes) is 1. The van der Waals surface area contributed by atoms with E-state index in [-0.39, 0.29) is 47.8 Å². The van der Waals surface area contributed by atoms with Gasteiger partial charge in [0.2, 0.25) is 0 Å². The van der Waals surface area contributed by atoms with Crippen LogP contribution in [-0.2, 0) is 28.2 Å². The molecule has 1 aliphatic heterocycles. The lowest BCUT2D eigenvalue weighted by Crippen LogP contribution is -2.44. The molecule has 34 heavy (non-hydrogen) atoms. The second-order valence-electron chi connectivity index (χ2n) is 11.2. The summed E-state index contributed by atoms with van der Waals surface area (Å²) in [6, 6.07) is 0. The van der Waals surface area contributed by atoms with Crippen LogP contribution >= 0.6 is 0 Å². The summed E-state index contributed by atoms with van der Waals surface area (Å²) >= 11 is 0. The van der Waals surface area contributed by atoms with Gasteiger partial charge in [-0.1, -0.05) is 32.9 Å². The first-order valence-electron chi connectivity index (χ1n) is 12.9. The normalized spacial score (nSPS) is 28.4. The number of carbonyl (C=O) groups excluding carboxylic acids is 1. The molecule has 0 aromatic rings. The number of hydrogen-bond acceptors (Lipinski definition) is 6. The maximum Gasteiger partial charge on any atom is 0.303 e. The highest BCUT2D eigenvalue weighted by molar-refractivity contribution is 6.74. The largest absolute Gasteiger partial charge is 0.481 e. The van der Waals surface area contributed by atoms with E-state index in [0.29, 0.717) is 19.4 Å². The molecule has 2 rings (SSSR count). The summed E-state index contributed by atoms with van der Waals surface area (Å²) < 4.78 is 24.7. The Morgan fingerprint density at radius 1 is 1.12 bits per heavy atom.